The molecule has 0 bridgehead atoms. The molecule has 160 valence electrons. The molecule has 1 aliphatic rings. The van der Waals surface area contributed by atoms with E-state index in [0.29, 0.717) is 12.1 Å². The van der Waals surface area contributed by atoms with Crippen LogP contribution in [0.15, 0.2) is 22.6 Å². The number of sulfonamides is 1. The van der Waals surface area contributed by atoms with Gasteiger partial charge in [0.15, 0.2) is 11.6 Å². The van der Waals surface area contributed by atoms with Crippen molar-refractivity contribution in [3.8, 4) is 11.5 Å². The lowest BCUT2D eigenvalue weighted by molar-refractivity contribution is 0.333. The highest BCUT2D eigenvalue weighted by molar-refractivity contribution is 7.90. The van der Waals surface area contributed by atoms with Crippen LogP contribution in [-0.4, -0.2) is 35.9 Å². The molecule has 1 saturated carbocycles. The second-order valence-corrected chi connectivity index (χ2v) is 10.9. The van der Waals surface area contributed by atoms with Gasteiger partial charge in [0, 0.05) is 18.2 Å². The fourth-order valence-corrected chi connectivity index (χ4v) is 4.05. The Morgan fingerprint density at radius 1 is 1.10 bits per heavy atom. The van der Waals surface area contributed by atoms with Crippen LogP contribution in [0.25, 0.3) is 11.5 Å². The zero-order chi connectivity index (χ0) is 21.2. The van der Waals surface area contributed by atoms with Crippen LogP contribution < -0.4 is 10.0 Å². The van der Waals surface area contributed by atoms with Gasteiger partial charge < -0.3 is 9.73 Å². The van der Waals surface area contributed by atoms with Crippen LogP contribution in [-0.2, 0) is 10.0 Å². The Labute approximate surface area is 169 Å². The number of aromatic nitrogens is 2. The van der Waals surface area contributed by atoms with Crippen LogP contribution in [0, 0.1) is 17.6 Å². The fraction of sp³-hybridized carbons (Fsp3) is 0.579. The van der Waals surface area contributed by atoms with E-state index in [1.54, 1.807) is 20.8 Å². The van der Waals surface area contributed by atoms with Crippen LogP contribution in [0.3, 0.4) is 0 Å². The van der Waals surface area contributed by atoms with E-state index >= 15 is 0 Å². The third kappa shape index (κ3) is 5.30. The molecule has 29 heavy (non-hydrogen) atoms. The van der Waals surface area contributed by atoms with Gasteiger partial charge in [0.05, 0.1) is 4.75 Å². The third-order valence-corrected chi connectivity index (χ3v) is 7.29. The first-order valence-electron chi connectivity index (χ1n) is 9.60. The third-order valence-electron chi connectivity index (χ3n) is 5.13. The van der Waals surface area contributed by atoms with Crippen LogP contribution in [0.4, 0.5) is 14.8 Å². The number of anilines is 1. The average molecular weight is 429 g/mol. The molecule has 1 heterocycles. The Bertz CT molecular complexity index is 949. The lowest BCUT2D eigenvalue weighted by Gasteiger charge is -2.29. The minimum atomic E-state index is -3.34. The summed E-state index contributed by atoms with van der Waals surface area (Å²) in [5.41, 5.74) is 0.305. The zero-order valence-corrected chi connectivity index (χ0v) is 17.5. The number of hydrogen-bond acceptors (Lipinski definition) is 6. The first-order valence-corrected chi connectivity index (χ1v) is 11.1. The number of benzene rings is 1. The molecule has 0 saturated heterocycles. The lowest BCUT2D eigenvalue weighted by atomic mass is 9.86. The maximum atomic E-state index is 13.4. The highest BCUT2D eigenvalue weighted by atomic mass is 32.2. The fourth-order valence-electron chi connectivity index (χ4n) is 3.16. The van der Waals surface area contributed by atoms with E-state index in [0.717, 1.165) is 37.8 Å². The molecule has 2 N–H and O–H groups in total. The Hall–Kier alpha value is -2.07. The summed E-state index contributed by atoms with van der Waals surface area (Å²) >= 11 is 0. The smallest absolute Gasteiger partial charge is 0.315 e. The van der Waals surface area contributed by atoms with E-state index in [1.807, 2.05) is 0 Å². The summed E-state index contributed by atoms with van der Waals surface area (Å²) in [7, 11) is -3.34. The topological polar surface area (TPSA) is 97.1 Å². The van der Waals surface area contributed by atoms with Crippen molar-refractivity contribution in [3.63, 3.8) is 0 Å². The predicted octanol–water partition coefficient (Wildman–Crippen LogP) is 3.70. The number of halogens is 2. The van der Waals surface area contributed by atoms with E-state index in [4.69, 9.17) is 4.42 Å². The molecular weight excluding hydrogens is 402 g/mol. The minimum Gasteiger partial charge on any atom is -0.403 e. The van der Waals surface area contributed by atoms with Gasteiger partial charge in [-0.05, 0) is 70.6 Å². The largest absolute Gasteiger partial charge is 0.403 e. The van der Waals surface area contributed by atoms with Gasteiger partial charge in [-0.2, -0.15) is 0 Å². The second-order valence-electron chi connectivity index (χ2n) is 8.37. The Balaban J connectivity index is 1.50. The molecule has 3 rings (SSSR count). The van der Waals surface area contributed by atoms with Crippen molar-refractivity contribution >= 4 is 16.0 Å². The molecule has 2 aromatic rings. The maximum absolute atomic E-state index is 13.4. The number of nitrogens with one attached hydrogen (secondary N) is 2. The molecule has 1 fully saturated rings. The molecule has 0 amide bonds. The summed E-state index contributed by atoms with van der Waals surface area (Å²) < 4.78 is 58.1. The van der Waals surface area contributed by atoms with Gasteiger partial charge in [0.1, 0.15) is 0 Å². The van der Waals surface area contributed by atoms with Crippen molar-refractivity contribution in [1.29, 1.82) is 0 Å². The molecule has 7 nitrogen and oxygen atoms in total. The quantitative estimate of drug-likeness (QED) is 0.728. The van der Waals surface area contributed by atoms with Crippen molar-refractivity contribution in [2.45, 2.75) is 57.2 Å². The summed E-state index contributed by atoms with van der Waals surface area (Å²) in [6, 6.07) is 3.75. The van der Waals surface area contributed by atoms with Crippen LogP contribution in [0.2, 0.25) is 0 Å². The Morgan fingerprint density at radius 3 is 2.41 bits per heavy atom. The van der Waals surface area contributed by atoms with Gasteiger partial charge in [-0.1, -0.05) is 5.10 Å². The molecule has 0 aliphatic heterocycles. The van der Waals surface area contributed by atoms with E-state index in [-0.39, 0.29) is 23.9 Å². The summed E-state index contributed by atoms with van der Waals surface area (Å²) in [6.07, 6.45) is 3.42. The average Bonchev–Trinajstić information content (AvgIpc) is 3.11. The standard InChI is InChI=1S/C19H26F2N4O3S/c1-19(2,3)29(26,27)22-11-12-4-7-14(8-5-12)23-18-25-24-17(28-18)13-6-9-15(20)16(21)10-13/h6,9-10,12,14,22H,4-5,7-8,11H2,1-3H3,(H,23,25). The summed E-state index contributed by atoms with van der Waals surface area (Å²) in [5, 5.41) is 11.0. The van der Waals surface area contributed by atoms with Gasteiger partial charge in [-0.25, -0.2) is 21.9 Å². The van der Waals surface area contributed by atoms with E-state index in [2.05, 4.69) is 20.2 Å². The Morgan fingerprint density at radius 2 is 1.79 bits per heavy atom. The molecule has 1 aromatic heterocycles. The highest BCUT2D eigenvalue weighted by Crippen LogP contribution is 2.28. The maximum Gasteiger partial charge on any atom is 0.315 e. The van der Waals surface area contributed by atoms with E-state index in [1.165, 1.54) is 6.07 Å². The Kier molecular flexibility index (Phi) is 6.23. The molecule has 0 unspecified atom stereocenters. The molecule has 1 aromatic carbocycles. The van der Waals surface area contributed by atoms with E-state index < -0.39 is 26.4 Å². The first kappa shape index (κ1) is 21.6. The highest BCUT2D eigenvalue weighted by Gasteiger charge is 2.30. The summed E-state index contributed by atoms with van der Waals surface area (Å²) in [6.45, 7) is 5.46. The molecule has 1 aliphatic carbocycles. The molecule has 0 atom stereocenters. The molecule has 10 heteroatoms. The predicted molar refractivity (Wildman–Crippen MR) is 106 cm³/mol. The van der Waals surface area contributed by atoms with Gasteiger partial charge in [0.2, 0.25) is 15.9 Å². The first-order chi connectivity index (χ1) is 13.5. The molecule has 0 spiro atoms. The number of rotatable bonds is 6. The van der Waals surface area contributed by atoms with Crippen molar-refractivity contribution < 1.29 is 21.6 Å². The van der Waals surface area contributed by atoms with Crippen LogP contribution in [0.5, 0.6) is 0 Å². The SMILES string of the molecule is CC(C)(C)S(=O)(=O)NCC1CCC(Nc2nnc(-c3ccc(F)c(F)c3)o2)CC1. The van der Waals surface area contributed by atoms with Gasteiger partial charge in [-0.15, -0.1) is 5.10 Å². The van der Waals surface area contributed by atoms with Gasteiger partial charge in [-0.3, -0.25) is 0 Å². The van der Waals surface area contributed by atoms with Gasteiger partial charge >= 0.3 is 6.01 Å². The minimum absolute atomic E-state index is 0.108. The van der Waals surface area contributed by atoms with Crippen LogP contribution in [0.1, 0.15) is 46.5 Å². The van der Waals surface area contributed by atoms with Crippen molar-refractivity contribution in [3.05, 3.63) is 29.8 Å². The van der Waals surface area contributed by atoms with Crippen molar-refractivity contribution in [1.82, 2.24) is 14.9 Å². The number of hydrogen-bond donors (Lipinski definition) is 2. The normalized spacial score (nSPS) is 20.6. The summed E-state index contributed by atoms with van der Waals surface area (Å²) in [4.78, 5) is 0. The second kappa shape index (κ2) is 8.35. The van der Waals surface area contributed by atoms with Crippen molar-refractivity contribution in [2.75, 3.05) is 11.9 Å². The number of nitrogens with zero attached hydrogens (tertiary/aromatic N) is 2. The molecule has 0 radical (unpaired) electrons. The van der Waals surface area contributed by atoms with Crippen LogP contribution >= 0.6 is 0 Å². The summed E-state index contributed by atoms with van der Waals surface area (Å²) in [5.74, 6) is -1.52. The monoisotopic (exact) mass is 428 g/mol. The van der Waals surface area contributed by atoms with Gasteiger partial charge in [0.25, 0.3) is 0 Å². The molecular formula is C19H26F2N4O3S. The van der Waals surface area contributed by atoms with Crippen molar-refractivity contribution in [2.24, 2.45) is 5.92 Å². The van der Waals surface area contributed by atoms with E-state index in [9.17, 15) is 17.2 Å². The lowest BCUT2D eigenvalue weighted by Crippen LogP contribution is -2.42. The zero-order valence-electron chi connectivity index (χ0n) is 16.7.